The molecule has 0 aromatic rings. The molecule has 0 aliphatic rings. The van der Waals surface area contributed by atoms with Crippen molar-refractivity contribution in [1.82, 2.24) is 10.2 Å². The van der Waals surface area contributed by atoms with Gasteiger partial charge in [0, 0.05) is 18.6 Å². The second-order valence-corrected chi connectivity index (χ2v) is 4.73. The number of amides is 1. The van der Waals surface area contributed by atoms with E-state index in [1.807, 2.05) is 0 Å². The summed E-state index contributed by atoms with van der Waals surface area (Å²) in [5, 5.41) is 2.92. The summed E-state index contributed by atoms with van der Waals surface area (Å²) in [6.45, 7) is 10.9. The van der Waals surface area contributed by atoms with Gasteiger partial charge in [-0.15, -0.1) is 0 Å². The lowest BCUT2D eigenvalue weighted by Gasteiger charge is -2.36. The molecule has 0 heterocycles. The van der Waals surface area contributed by atoms with Crippen molar-refractivity contribution in [2.45, 2.75) is 46.1 Å². The molecule has 0 bridgehead atoms. The molecule has 0 fully saturated rings. The lowest BCUT2D eigenvalue weighted by molar-refractivity contribution is -0.123. The van der Waals surface area contributed by atoms with Gasteiger partial charge in [-0.05, 0) is 26.8 Å². The average Bonchev–Trinajstić information content (AvgIpc) is 2.26. The summed E-state index contributed by atoms with van der Waals surface area (Å²) >= 11 is 0. The van der Waals surface area contributed by atoms with Gasteiger partial charge in [-0.2, -0.15) is 0 Å². The smallest absolute Gasteiger partial charge is 0.234 e. The van der Waals surface area contributed by atoms with Crippen molar-refractivity contribution in [3.63, 3.8) is 0 Å². The van der Waals surface area contributed by atoms with E-state index in [2.05, 4.69) is 37.9 Å². The Labute approximate surface area is 99.6 Å². The fraction of sp³-hybridized carbons (Fsp3) is 0.917. The Balaban J connectivity index is 4.07. The van der Waals surface area contributed by atoms with Gasteiger partial charge >= 0.3 is 0 Å². The first-order valence-corrected chi connectivity index (χ1v) is 6.19. The molecule has 4 nitrogen and oxygen atoms in total. The van der Waals surface area contributed by atoms with Crippen LogP contribution in [0.15, 0.2) is 0 Å². The molecule has 0 unspecified atom stereocenters. The molecule has 0 radical (unpaired) electrons. The predicted molar refractivity (Wildman–Crippen MR) is 68.3 cm³/mol. The molecule has 0 spiro atoms. The van der Waals surface area contributed by atoms with Crippen LogP contribution in [0.4, 0.5) is 0 Å². The summed E-state index contributed by atoms with van der Waals surface area (Å²) in [4.78, 5) is 13.8. The van der Waals surface area contributed by atoms with Gasteiger partial charge in [-0.3, -0.25) is 9.69 Å². The minimum absolute atomic E-state index is 0.0943. The highest BCUT2D eigenvalue weighted by Crippen LogP contribution is 2.11. The summed E-state index contributed by atoms with van der Waals surface area (Å²) in [5.41, 5.74) is 5.59. The van der Waals surface area contributed by atoms with Crippen molar-refractivity contribution >= 4 is 5.91 Å². The van der Waals surface area contributed by atoms with Crippen molar-refractivity contribution < 1.29 is 4.79 Å². The van der Waals surface area contributed by atoms with Gasteiger partial charge in [-0.25, -0.2) is 0 Å². The first kappa shape index (κ1) is 15.4. The van der Waals surface area contributed by atoms with Crippen LogP contribution in [0.2, 0.25) is 0 Å². The van der Waals surface area contributed by atoms with Gasteiger partial charge in [0.1, 0.15) is 0 Å². The van der Waals surface area contributed by atoms with Gasteiger partial charge in [-0.1, -0.05) is 20.3 Å². The number of unbranched alkanes of at least 4 members (excludes halogenated alkanes) is 1. The number of hydrogen-bond donors (Lipinski definition) is 2. The molecule has 0 aromatic carbocycles. The van der Waals surface area contributed by atoms with Gasteiger partial charge in [0.05, 0.1) is 6.54 Å². The highest BCUT2D eigenvalue weighted by atomic mass is 16.2. The number of nitrogens with one attached hydrogen (secondary N) is 1. The van der Waals surface area contributed by atoms with Crippen LogP contribution in [-0.4, -0.2) is 42.5 Å². The summed E-state index contributed by atoms with van der Waals surface area (Å²) < 4.78 is 0. The number of rotatable bonds is 8. The third-order valence-electron chi connectivity index (χ3n) is 2.92. The molecule has 0 aromatic heterocycles. The van der Waals surface area contributed by atoms with Crippen LogP contribution in [0.1, 0.15) is 40.5 Å². The number of nitrogens with zero attached hydrogens (tertiary/aromatic N) is 1. The second-order valence-electron chi connectivity index (χ2n) is 4.73. The molecule has 0 saturated carbocycles. The summed E-state index contributed by atoms with van der Waals surface area (Å²) in [7, 11) is 0. The summed E-state index contributed by atoms with van der Waals surface area (Å²) in [6, 6.07) is 0. The van der Waals surface area contributed by atoms with Crippen LogP contribution in [0.3, 0.4) is 0 Å². The number of carbonyl (C=O) groups excluding carboxylic acids is 1. The van der Waals surface area contributed by atoms with E-state index in [0.29, 0.717) is 13.1 Å². The van der Waals surface area contributed by atoms with Crippen molar-refractivity contribution in [3.05, 3.63) is 0 Å². The number of hydrogen-bond acceptors (Lipinski definition) is 3. The van der Waals surface area contributed by atoms with Crippen LogP contribution in [-0.2, 0) is 4.79 Å². The minimum Gasteiger partial charge on any atom is -0.355 e. The topological polar surface area (TPSA) is 58.4 Å². The monoisotopic (exact) mass is 229 g/mol. The highest BCUT2D eigenvalue weighted by molar-refractivity contribution is 5.78. The molecule has 0 aliphatic carbocycles. The van der Waals surface area contributed by atoms with E-state index in [1.54, 1.807) is 0 Å². The van der Waals surface area contributed by atoms with Crippen LogP contribution >= 0.6 is 0 Å². The Kier molecular flexibility index (Phi) is 7.34. The minimum atomic E-state index is -0.114. The van der Waals surface area contributed by atoms with Gasteiger partial charge in [0.2, 0.25) is 5.91 Å². The van der Waals surface area contributed by atoms with Crippen molar-refractivity contribution in [1.29, 1.82) is 0 Å². The Hall–Kier alpha value is -0.610. The van der Waals surface area contributed by atoms with Crippen LogP contribution in [0, 0.1) is 0 Å². The van der Waals surface area contributed by atoms with Crippen LogP contribution in [0.25, 0.3) is 0 Å². The largest absolute Gasteiger partial charge is 0.355 e. The first-order valence-electron chi connectivity index (χ1n) is 6.19. The Bertz CT molecular complexity index is 204. The molecule has 1 amide bonds. The molecule has 3 N–H and O–H groups in total. The van der Waals surface area contributed by atoms with E-state index in [-0.39, 0.29) is 11.4 Å². The average molecular weight is 229 g/mol. The fourth-order valence-corrected chi connectivity index (χ4v) is 1.52. The Morgan fingerprint density at radius 2 is 2.00 bits per heavy atom. The Morgan fingerprint density at radius 3 is 2.44 bits per heavy atom. The standard InChI is InChI=1S/C12H27N3O/c1-5-7-8-14-11(16)9-15(6-2)12(3,4)10-13/h5-10,13H2,1-4H3,(H,14,16). The van der Waals surface area contributed by atoms with Crippen molar-refractivity contribution in [2.75, 3.05) is 26.2 Å². The zero-order valence-corrected chi connectivity index (χ0v) is 11.2. The maximum atomic E-state index is 11.7. The van der Waals surface area contributed by atoms with Crippen LogP contribution < -0.4 is 11.1 Å². The zero-order valence-electron chi connectivity index (χ0n) is 11.2. The highest BCUT2D eigenvalue weighted by Gasteiger charge is 2.25. The summed E-state index contributed by atoms with van der Waals surface area (Å²) in [6.07, 6.45) is 2.14. The molecule has 0 rings (SSSR count). The van der Waals surface area contributed by atoms with Gasteiger partial charge in [0.25, 0.3) is 0 Å². The Morgan fingerprint density at radius 1 is 1.38 bits per heavy atom. The second kappa shape index (κ2) is 7.63. The van der Waals surface area contributed by atoms with E-state index in [4.69, 9.17) is 5.73 Å². The van der Waals surface area contributed by atoms with Gasteiger partial charge < -0.3 is 11.1 Å². The molecule has 0 saturated heterocycles. The number of carbonyl (C=O) groups is 1. The zero-order chi connectivity index (χ0) is 12.6. The predicted octanol–water partition coefficient (Wildman–Crippen LogP) is 0.962. The molecular weight excluding hydrogens is 202 g/mol. The maximum Gasteiger partial charge on any atom is 0.234 e. The van der Waals surface area contributed by atoms with E-state index in [0.717, 1.165) is 25.9 Å². The third-order valence-corrected chi connectivity index (χ3v) is 2.92. The van der Waals surface area contributed by atoms with Crippen LogP contribution in [0.5, 0.6) is 0 Å². The van der Waals surface area contributed by atoms with E-state index in [1.165, 1.54) is 0 Å². The third kappa shape index (κ3) is 5.47. The van der Waals surface area contributed by atoms with Crippen molar-refractivity contribution in [3.8, 4) is 0 Å². The molecular formula is C12H27N3O. The molecule has 16 heavy (non-hydrogen) atoms. The molecule has 0 atom stereocenters. The van der Waals surface area contributed by atoms with Crippen molar-refractivity contribution in [2.24, 2.45) is 5.73 Å². The first-order chi connectivity index (χ1) is 7.47. The molecule has 0 aliphatic heterocycles. The molecule has 96 valence electrons. The lowest BCUT2D eigenvalue weighted by atomic mass is 10.0. The SMILES string of the molecule is CCCCNC(=O)CN(CC)C(C)(C)CN. The van der Waals surface area contributed by atoms with Gasteiger partial charge in [0.15, 0.2) is 0 Å². The normalized spacial score (nSPS) is 11.9. The maximum absolute atomic E-state index is 11.7. The summed E-state index contributed by atoms with van der Waals surface area (Å²) in [5.74, 6) is 0.0943. The van der Waals surface area contributed by atoms with E-state index in [9.17, 15) is 4.79 Å². The van der Waals surface area contributed by atoms with E-state index < -0.39 is 0 Å². The number of nitrogens with two attached hydrogens (primary N) is 1. The molecule has 4 heteroatoms. The lowest BCUT2D eigenvalue weighted by Crippen LogP contribution is -2.52. The quantitative estimate of drug-likeness (QED) is 0.610. The van der Waals surface area contributed by atoms with E-state index >= 15 is 0 Å². The fourth-order valence-electron chi connectivity index (χ4n) is 1.52. The number of likely N-dealkylation sites (N-methyl/N-ethyl adjacent to an activating group) is 1.